The van der Waals surface area contributed by atoms with E-state index in [1.54, 1.807) is 17.1 Å². The molecule has 2 aromatic carbocycles. The maximum Gasteiger partial charge on any atom is 0.244 e. The minimum Gasteiger partial charge on any atom is -0.333 e. The molecule has 4 rings (SSSR count). The van der Waals surface area contributed by atoms with Crippen molar-refractivity contribution >= 4 is 23.8 Å². The molecule has 0 spiro atoms. The second-order valence-electron chi connectivity index (χ2n) is 6.79. The van der Waals surface area contributed by atoms with Gasteiger partial charge < -0.3 is 9.88 Å². The van der Waals surface area contributed by atoms with Crippen LogP contribution in [0.25, 0.3) is 11.4 Å². The van der Waals surface area contributed by atoms with E-state index in [9.17, 15) is 4.79 Å². The van der Waals surface area contributed by atoms with Gasteiger partial charge in [-0.3, -0.25) is 14.5 Å². The van der Waals surface area contributed by atoms with Crippen molar-refractivity contribution in [1.29, 1.82) is 0 Å². The Hall–Kier alpha value is -3.52. The van der Waals surface area contributed by atoms with Crippen LogP contribution in [-0.2, 0) is 17.9 Å². The fourth-order valence-corrected chi connectivity index (χ4v) is 3.35. The zero-order chi connectivity index (χ0) is 20.2. The van der Waals surface area contributed by atoms with Gasteiger partial charge in [0.25, 0.3) is 0 Å². The molecule has 1 amide bonds. The lowest BCUT2D eigenvalue weighted by molar-refractivity contribution is -0.116. The van der Waals surface area contributed by atoms with Crippen LogP contribution in [-0.4, -0.2) is 30.2 Å². The van der Waals surface area contributed by atoms with E-state index in [-0.39, 0.29) is 12.5 Å². The molecule has 0 unspecified atom stereocenters. The zero-order valence-electron chi connectivity index (χ0n) is 15.9. The summed E-state index contributed by atoms with van der Waals surface area (Å²) >= 11 is 5.33. The average Bonchev–Trinajstić information content (AvgIpc) is 3.32. The predicted octanol–water partition coefficient (Wildman–Crippen LogP) is 3.80. The first-order chi connectivity index (χ1) is 14.1. The van der Waals surface area contributed by atoms with Gasteiger partial charge in [0.05, 0.1) is 6.33 Å². The fourth-order valence-electron chi connectivity index (χ4n) is 3.15. The summed E-state index contributed by atoms with van der Waals surface area (Å²) in [5, 5.41) is 10.0. The maximum atomic E-state index is 12.7. The van der Waals surface area contributed by atoms with Crippen LogP contribution in [0.5, 0.6) is 0 Å². The quantitative estimate of drug-likeness (QED) is 0.479. The minimum atomic E-state index is -0.170. The molecule has 2 heterocycles. The Labute approximate surface area is 173 Å². The molecule has 0 saturated carbocycles. The van der Waals surface area contributed by atoms with E-state index in [1.807, 2.05) is 66.2 Å². The Morgan fingerprint density at radius 2 is 2.07 bits per heavy atom. The van der Waals surface area contributed by atoms with Crippen molar-refractivity contribution < 1.29 is 4.79 Å². The number of benzene rings is 2. The highest BCUT2D eigenvalue weighted by atomic mass is 32.1. The van der Waals surface area contributed by atoms with Crippen LogP contribution in [0.2, 0.25) is 0 Å². The number of rotatable bonds is 6. The first kappa shape index (κ1) is 18.8. The van der Waals surface area contributed by atoms with Gasteiger partial charge in [-0.05, 0) is 42.9 Å². The number of anilines is 1. The zero-order valence-corrected chi connectivity index (χ0v) is 16.7. The van der Waals surface area contributed by atoms with Crippen molar-refractivity contribution in [3.8, 4) is 11.4 Å². The molecule has 29 heavy (non-hydrogen) atoms. The van der Waals surface area contributed by atoms with Crippen molar-refractivity contribution in [2.24, 2.45) is 0 Å². The number of aryl methyl sites for hydroxylation is 1. The van der Waals surface area contributed by atoms with Gasteiger partial charge in [-0.25, -0.2) is 4.98 Å². The number of aromatic amines is 1. The summed E-state index contributed by atoms with van der Waals surface area (Å²) in [6, 6.07) is 15.7. The molecule has 0 radical (unpaired) electrons. The third kappa shape index (κ3) is 4.49. The Kier molecular flexibility index (Phi) is 5.35. The number of aromatic nitrogens is 5. The number of hydrogen-bond acceptors (Lipinski definition) is 4. The summed E-state index contributed by atoms with van der Waals surface area (Å²) in [5.41, 5.74) is 3.83. The highest BCUT2D eigenvalue weighted by molar-refractivity contribution is 7.71. The molecule has 0 atom stereocenters. The second kappa shape index (κ2) is 8.24. The smallest absolute Gasteiger partial charge is 0.244 e. The molecule has 0 aliphatic carbocycles. The molecule has 2 aromatic heterocycles. The molecule has 7 nitrogen and oxygen atoms in total. The number of imidazole rings is 1. The van der Waals surface area contributed by atoms with Crippen molar-refractivity contribution in [1.82, 2.24) is 24.3 Å². The van der Waals surface area contributed by atoms with Crippen LogP contribution in [0.1, 0.15) is 11.1 Å². The summed E-state index contributed by atoms with van der Waals surface area (Å²) in [4.78, 5) is 16.7. The fraction of sp³-hybridized carbons (Fsp3) is 0.143. The number of hydrogen-bond donors (Lipinski definition) is 2. The number of H-pyrrole nitrogens is 1. The number of nitrogens with zero attached hydrogens (tertiary/aromatic N) is 4. The number of amides is 1. The molecule has 146 valence electrons. The molecule has 4 aromatic rings. The largest absolute Gasteiger partial charge is 0.333 e. The molecule has 2 N–H and O–H groups in total. The summed E-state index contributed by atoms with van der Waals surface area (Å²) in [6.45, 7) is 2.77. The van der Waals surface area contributed by atoms with Gasteiger partial charge in [-0.1, -0.05) is 35.9 Å². The van der Waals surface area contributed by atoms with Gasteiger partial charge in [-0.15, -0.1) is 0 Å². The van der Waals surface area contributed by atoms with Gasteiger partial charge >= 0.3 is 0 Å². The van der Waals surface area contributed by atoms with Crippen LogP contribution in [0, 0.1) is 11.7 Å². The van der Waals surface area contributed by atoms with Crippen LogP contribution in [0.3, 0.4) is 0 Å². The molecule has 0 bridgehead atoms. The van der Waals surface area contributed by atoms with E-state index in [0.717, 1.165) is 22.4 Å². The summed E-state index contributed by atoms with van der Waals surface area (Å²) < 4.78 is 4.08. The third-order valence-electron chi connectivity index (χ3n) is 4.47. The molecular formula is C21H20N6OS. The maximum absolute atomic E-state index is 12.7. The Balaban J connectivity index is 1.50. The van der Waals surface area contributed by atoms with E-state index < -0.39 is 0 Å². The van der Waals surface area contributed by atoms with Crippen LogP contribution >= 0.6 is 12.2 Å². The predicted molar refractivity (Wildman–Crippen MR) is 114 cm³/mol. The third-order valence-corrected chi connectivity index (χ3v) is 4.78. The van der Waals surface area contributed by atoms with Gasteiger partial charge in [0.15, 0.2) is 10.6 Å². The lowest BCUT2D eigenvalue weighted by atomic mass is 10.1. The Morgan fingerprint density at radius 1 is 1.21 bits per heavy atom. The first-order valence-electron chi connectivity index (χ1n) is 9.15. The Bertz CT molecular complexity index is 1190. The lowest BCUT2D eigenvalue weighted by Gasteiger charge is -2.10. The molecule has 0 aliphatic rings. The van der Waals surface area contributed by atoms with E-state index in [2.05, 4.69) is 20.5 Å². The second-order valence-corrected chi connectivity index (χ2v) is 7.18. The summed E-state index contributed by atoms with van der Waals surface area (Å²) in [6.07, 6.45) is 5.41. The first-order valence-corrected chi connectivity index (χ1v) is 9.56. The van der Waals surface area contributed by atoms with E-state index in [1.165, 1.54) is 0 Å². The molecule has 8 heteroatoms. The van der Waals surface area contributed by atoms with Crippen molar-refractivity contribution in [3.05, 3.63) is 83.1 Å². The monoisotopic (exact) mass is 404 g/mol. The summed E-state index contributed by atoms with van der Waals surface area (Å²) in [5.74, 6) is 0.471. The normalized spacial score (nSPS) is 10.8. The van der Waals surface area contributed by atoms with Crippen LogP contribution in [0.15, 0.2) is 67.3 Å². The molecule has 0 saturated heterocycles. The standard InChI is InChI=1S/C21H20N6OS/c1-15-4-2-6-17(10-15)20-24-25-21(29)27(20)13-19(28)23-18-7-3-5-16(11-18)12-26-9-8-22-14-26/h2-11,14H,12-13H2,1H3,(H,23,28)(H,25,29). The van der Waals surface area contributed by atoms with E-state index >= 15 is 0 Å². The van der Waals surface area contributed by atoms with Crippen molar-refractivity contribution in [2.45, 2.75) is 20.0 Å². The Morgan fingerprint density at radius 3 is 2.86 bits per heavy atom. The SMILES string of the molecule is Cc1cccc(-c2n[nH]c(=S)n2CC(=O)Nc2cccc(Cn3ccnc3)c2)c1. The summed E-state index contributed by atoms with van der Waals surface area (Å²) in [7, 11) is 0. The number of nitrogens with one attached hydrogen (secondary N) is 2. The highest BCUT2D eigenvalue weighted by Gasteiger charge is 2.13. The van der Waals surface area contributed by atoms with Crippen molar-refractivity contribution in [3.63, 3.8) is 0 Å². The van der Waals surface area contributed by atoms with Crippen LogP contribution in [0.4, 0.5) is 5.69 Å². The highest BCUT2D eigenvalue weighted by Crippen LogP contribution is 2.19. The van der Waals surface area contributed by atoms with Gasteiger partial charge in [0.1, 0.15) is 6.54 Å². The lowest BCUT2D eigenvalue weighted by Crippen LogP contribution is -2.19. The minimum absolute atomic E-state index is 0.0738. The topological polar surface area (TPSA) is 80.5 Å². The van der Waals surface area contributed by atoms with Gasteiger partial charge in [-0.2, -0.15) is 5.10 Å². The van der Waals surface area contributed by atoms with E-state index in [4.69, 9.17) is 12.2 Å². The molecular weight excluding hydrogens is 384 g/mol. The van der Waals surface area contributed by atoms with Gasteiger partial charge in [0, 0.05) is 30.2 Å². The van der Waals surface area contributed by atoms with Crippen molar-refractivity contribution in [2.75, 3.05) is 5.32 Å². The van der Waals surface area contributed by atoms with E-state index in [0.29, 0.717) is 17.1 Å². The molecule has 0 fully saturated rings. The molecule has 0 aliphatic heterocycles. The average molecular weight is 404 g/mol. The number of carbonyl (C=O) groups excluding carboxylic acids is 1. The van der Waals surface area contributed by atoms with Gasteiger partial charge in [0.2, 0.25) is 5.91 Å². The van der Waals surface area contributed by atoms with Crippen LogP contribution < -0.4 is 5.32 Å². The number of carbonyl (C=O) groups is 1.